The third-order valence-corrected chi connectivity index (χ3v) is 1.99. The lowest BCUT2D eigenvalue weighted by Gasteiger charge is -2.12. The summed E-state index contributed by atoms with van der Waals surface area (Å²) in [5.41, 5.74) is 3.99. The van der Waals surface area contributed by atoms with E-state index in [0.717, 1.165) is 12.1 Å². The van der Waals surface area contributed by atoms with Crippen LogP contribution < -0.4 is 5.73 Å². The highest BCUT2D eigenvalue weighted by Crippen LogP contribution is 2.31. The maximum Gasteiger partial charge on any atom is 0.416 e. The molecule has 6 heteroatoms. The summed E-state index contributed by atoms with van der Waals surface area (Å²) in [6, 6.07) is 4.17. The van der Waals surface area contributed by atoms with Gasteiger partial charge in [0.1, 0.15) is 0 Å². The summed E-state index contributed by atoms with van der Waals surface area (Å²) < 4.78 is 37.0. The molecule has 3 N–H and O–H groups in total. The summed E-state index contributed by atoms with van der Waals surface area (Å²) in [4.78, 5) is 10.5. The second-order valence-electron chi connectivity index (χ2n) is 3.31. The van der Waals surface area contributed by atoms with Crippen LogP contribution in [0.5, 0.6) is 0 Å². The zero-order valence-corrected chi connectivity index (χ0v) is 8.16. The second-order valence-corrected chi connectivity index (χ2v) is 3.31. The van der Waals surface area contributed by atoms with Crippen molar-refractivity contribution in [1.29, 1.82) is 0 Å². The van der Waals surface area contributed by atoms with Crippen LogP contribution in [0.3, 0.4) is 0 Å². The van der Waals surface area contributed by atoms with Gasteiger partial charge < -0.3 is 10.8 Å². The first-order valence-corrected chi connectivity index (χ1v) is 4.44. The fraction of sp³-hybridized carbons (Fsp3) is 0.300. The van der Waals surface area contributed by atoms with Gasteiger partial charge in [-0.15, -0.1) is 0 Å². The van der Waals surface area contributed by atoms with Gasteiger partial charge >= 0.3 is 6.18 Å². The Bertz CT molecular complexity index is 390. The number of rotatable bonds is 3. The summed E-state index contributed by atoms with van der Waals surface area (Å²) in [6.45, 7) is 0. The average molecular weight is 233 g/mol. The zero-order valence-electron chi connectivity index (χ0n) is 8.16. The SMILES string of the molecule is NC(=O)C[C@H](O)c1cccc(C(F)(F)F)c1. The second kappa shape index (κ2) is 4.52. The maximum atomic E-state index is 12.3. The average Bonchev–Trinajstić information content (AvgIpc) is 2.15. The lowest BCUT2D eigenvalue weighted by Crippen LogP contribution is -2.15. The molecule has 1 aromatic carbocycles. The van der Waals surface area contributed by atoms with Crippen LogP contribution in [-0.4, -0.2) is 11.0 Å². The molecule has 0 spiro atoms. The number of primary amides is 1. The fourth-order valence-electron chi connectivity index (χ4n) is 1.23. The molecule has 1 rings (SSSR count). The third kappa shape index (κ3) is 3.23. The molecule has 0 unspecified atom stereocenters. The fourth-order valence-corrected chi connectivity index (χ4v) is 1.23. The van der Waals surface area contributed by atoms with Crippen molar-refractivity contribution in [3.8, 4) is 0 Å². The van der Waals surface area contributed by atoms with Gasteiger partial charge in [0.05, 0.1) is 18.1 Å². The van der Waals surface area contributed by atoms with E-state index in [0.29, 0.717) is 0 Å². The number of amides is 1. The number of alkyl halides is 3. The highest BCUT2D eigenvalue weighted by Gasteiger charge is 2.30. The van der Waals surface area contributed by atoms with Crippen LogP contribution in [0.25, 0.3) is 0 Å². The predicted molar refractivity (Wildman–Crippen MR) is 50.2 cm³/mol. The third-order valence-electron chi connectivity index (χ3n) is 1.99. The Labute approximate surface area is 89.7 Å². The smallest absolute Gasteiger partial charge is 0.388 e. The number of carbonyl (C=O) groups is 1. The van der Waals surface area contributed by atoms with E-state index >= 15 is 0 Å². The van der Waals surface area contributed by atoms with Crippen molar-refractivity contribution in [2.45, 2.75) is 18.7 Å². The number of benzene rings is 1. The van der Waals surface area contributed by atoms with E-state index in [1.165, 1.54) is 12.1 Å². The van der Waals surface area contributed by atoms with Crippen molar-refractivity contribution in [3.63, 3.8) is 0 Å². The lowest BCUT2D eigenvalue weighted by atomic mass is 10.0. The summed E-state index contributed by atoms with van der Waals surface area (Å²) in [7, 11) is 0. The number of halogens is 3. The topological polar surface area (TPSA) is 63.3 Å². The molecule has 0 radical (unpaired) electrons. The number of aliphatic hydroxyl groups is 1. The summed E-state index contributed by atoms with van der Waals surface area (Å²) in [5, 5.41) is 9.41. The van der Waals surface area contributed by atoms with Crippen LogP contribution in [0.15, 0.2) is 24.3 Å². The van der Waals surface area contributed by atoms with Gasteiger partial charge in [-0.1, -0.05) is 12.1 Å². The quantitative estimate of drug-likeness (QED) is 0.833. The van der Waals surface area contributed by atoms with Gasteiger partial charge in [0.15, 0.2) is 0 Å². The van der Waals surface area contributed by atoms with E-state index in [1.54, 1.807) is 0 Å². The van der Waals surface area contributed by atoms with Crippen LogP contribution >= 0.6 is 0 Å². The number of hydrogen-bond acceptors (Lipinski definition) is 2. The lowest BCUT2D eigenvalue weighted by molar-refractivity contribution is -0.137. The highest BCUT2D eigenvalue weighted by atomic mass is 19.4. The molecule has 0 saturated carbocycles. The van der Waals surface area contributed by atoms with Gasteiger partial charge in [0, 0.05) is 0 Å². The molecule has 16 heavy (non-hydrogen) atoms. The molecule has 0 aromatic heterocycles. The molecule has 0 aliphatic heterocycles. The normalized spacial score (nSPS) is 13.5. The predicted octanol–water partition coefficient (Wildman–Crippen LogP) is 1.61. The van der Waals surface area contributed by atoms with Gasteiger partial charge in [0.2, 0.25) is 5.91 Å². The van der Waals surface area contributed by atoms with Crippen LogP contribution in [0.1, 0.15) is 23.7 Å². The number of nitrogens with two attached hydrogens (primary N) is 1. The van der Waals surface area contributed by atoms with E-state index in [2.05, 4.69) is 0 Å². The van der Waals surface area contributed by atoms with Crippen molar-refractivity contribution in [1.82, 2.24) is 0 Å². The summed E-state index contributed by atoms with van der Waals surface area (Å²) in [6.07, 6.45) is -6.18. The molecule has 0 aliphatic carbocycles. The molecule has 0 heterocycles. The molecule has 3 nitrogen and oxygen atoms in total. The highest BCUT2D eigenvalue weighted by molar-refractivity contribution is 5.74. The van der Waals surface area contributed by atoms with Crippen LogP contribution in [0.4, 0.5) is 13.2 Å². The minimum Gasteiger partial charge on any atom is -0.388 e. The largest absolute Gasteiger partial charge is 0.416 e. The number of carbonyl (C=O) groups excluding carboxylic acids is 1. The molecule has 1 aromatic rings. The first-order chi connectivity index (χ1) is 7.30. The molecule has 1 atom stereocenters. The van der Waals surface area contributed by atoms with Crippen LogP contribution in [0, 0.1) is 0 Å². The standard InChI is InChI=1S/C10H10F3NO2/c11-10(12,13)7-3-1-2-6(4-7)8(15)5-9(14)16/h1-4,8,15H,5H2,(H2,14,16)/t8-/m0/s1. The van der Waals surface area contributed by atoms with E-state index in [1.807, 2.05) is 0 Å². The summed E-state index contributed by atoms with van der Waals surface area (Å²) in [5.74, 6) is -0.773. The van der Waals surface area contributed by atoms with Gasteiger partial charge in [-0.25, -0.2) is 0 Å². The Balaban J connectivity index is 2.94. The Morgan fingerprint density at radius 3 is 2.56 bits per heavy atom. The molecule has 88 valence electrons. The minimum atomic E-state index is -4.47. The van der Waals surface area contributed by atoms with Crippen molar-refractivity contribution in [2.75, 3.05) is 0 Å². The van der Waals surface area contributed by atoms with Gasteiger partial charge in [-0.2, -0.15) is 13.2 Å². The van der Waals surface area contributed by atoms with Crippen LogP contribution in [-0.2, 0) is 11.0 Å². The van der Waals surface area contributed by atoms with E-state index < -0.39 is 30.2 Å². The number of hydrogen-bond donors (Lipinski definition) is 2. The maximum absolute atomic E-state index is 12.3. The molecular weight excluding hydrogens is 223 g/mol. The van der Waals surface area contributed by atoms with Crippen LogP contribution in [0.2, 0.25) is 0 Å². The van der Waals surface area contributed by atoms with E-state index in [9.17, 15) is 23.1 Å². The monoisotopic (exact) mass is 233 g/mol. The molecule has 0 fully saturated rings. The van der Waals surface area contributed by atoms with Gasteiger partial charge in [-0.05, 0) is 17.7 Å². The van der Waals surface area contributed by atoms with Crippen molar-refractivity contribution in [3.05, 3.63) is 35.4 Å². The first kappa shape index (κ1) is 12.5. The van der Waals surface area contributed by atoms with Gasteiger partial charge in [-0.3, -0.25) is 4.79 Å². The Hall–Kier alpha value is -1.56. The summed E-state index contributed by atoms with van der Waals surface area (Å²) >= 11 is 0. The van der Waals surface area contributed by atoms with Crippen molar-refractivity contribution >= 4 is 5.91 Å². The minimum absolute atomic E-state index is 0.0219. The Morgan fingerprint density at radius 2 is 2.06 bits per heavy atom. The van der Waals surface area contributed by atoms with Crippen molar-refractivity contribution < 1.29 is 23.1 Å². The van der Waals surface area contributed by atoms with Gasteiger partial charge in [0.25, 0.3) is 0 Å². The van der Waals surface area contributed by atoms with Crippen molar-refractivity contribution in [2.24, 2.45) is 5.73 Å². The molecule has 1 amide bonds. The zero-order chi connectivity index (χ0) is 12.3. The number of aliphatic hydroxyl groups excluding tert-OH is 1. The molecule has 0 bridgehead atoms. The van der Waals surface area contributed by atoms with E-state index in [4.69, 9.17) is 5.73 Å². The molecule has 0 saturated heterocycles. The first-order valence-electron chi connectivity index (χ1n) is 4.44. The Kier molecular flexibility index (Phi) is 3.54. The van der Waals surface area contributed by atoms with E-state index in [-0.39, 0.29) is 5.56 Å². The molecular formula is C10H10F3NO2. The Morgan fingerprint density at radius 1 is 1.44 bits per heavy atom. The molecule has 0 aliphatic rings.